The molecule has 1 aliphatic rings. The van der Waals surface area contributed by atoms with Gasteiger partial charge in [0.1, 0.15) is 5.75 Å². The van der Waals surface area contributed by atoms with E-state index in [9.17, 15) is 0 Å². The average Bonchev–Trinajstić information content (AvgIpc) is 2.39. The van der Waals surface area contributed by atoms with Crippen molar-refractivity contribution in [2.45, 2.75) is 32.9 Å². The smallest absolute Gasteiger partial charge is 0.142 e. The molecule has 1 heterocycles. The van der Waals surface area contributed by atoms with Gasteiger partial charge in [0.25, 0.3) is 0 Å². The van der Waals surface area contributed by atoms with Gasteiger partial charge >= 0.3 is 0 Å². The van der Waals surface area contributed by atoms with Gasteiger partial charge in [-0.1, -0.05) is 29.8 Å². The van der Waals surface area contributed by atoms with Crippen LogP contribution in [0.15, 0.2) is 22.7 Å². The number of anilines is 1. The highest BCUT2D eigenvalue weighted by atomic mass is 79.9. The van der Waals surface area contributed by atoms with Gasteiger partial charge in [0.2, 0.25) is 0 Å². The Balaban J connectivity index is 2.30. The Labute approximate surface area is 124 Å². The summed E-state index contributed by atoms with van der Waals surface area (Å²) in [6.07, 6.45) is 0. The van der Waals surface area contributed by atoms with Crippen molar-refractivity contribution in [3.63, 3.8) is 0 Å². The Morgan fingerprint density at radius 1 is 1.42 bits per heavy atom. The minimum absolute atomic E-state index is 0.471. The van der Waals surface area contributed by atoms with Crippen LogP contribution in [-0.4, -0.2) is 32.3 Å². The van der Waals surface area contributed by atoms with Crippen LogP contribution in [0, 0.1) is 5.92 Å². The second-order valence-corrected chi connectivity index (χ2v) is 6.49. The third kappa shape index (κ3) is 3.23. The predicted molar refractivity (Wildman–Crippen MR) is 84.1 cm³/mol. The summed E-state index contributed by atoms with van der Waals surface area (Å²) in [7, 11) is 1.74. The van der Waals surface area contributed by atoms with Crippen LogP contribution in [0.3, 0.4) is 0 Å². The normalized spacial score (nSPS) is 23.8. The highest BCUT2D eigenvalue weighted by molar-refractivity contribution is 9.10. The highest BCUT2D eigenvalue weighted by Gasteiger charge is 2.28. The molecule has 0 spiro atoms. The fourth-order valence-corrected chi connectivity index (χ4v) is 2.91. The molecule has 3 nitrogen and oxygen atoms in total. The summed E-state index contributed by atoms with van der Waals surface area (Å²) in [6.45, 7) is 8.82. The molecule has 1 aliphatic heterocycles. The van der Waals surface area contributed by atoms with E-state index in [2.05, 4.69) is 53.0 Å². The molecule has 0 radical (unpaired) electrons. The van der Waals surface area contributed by atoms with Gasteiger partial charge in [-0.2, -0.15) is 0 Å². The molecule has 2 unspecified atom stereocenters. The van der Waals surface area contributed by atoms with E-state index < -0.39 is 0 Å². The molecule has 106 valence electrons. The van der Waals surface area contributed by atoms with Crippen LogP contribution in [0.2, 0.25) is 0 Å². The molecule has 19 heavy (non-hydrogen) atoms. The van der Waals surface area contributed by atoms with Crippen molar-refractivity contribution in [2.75, 3.05) is 25.1 Å². The molecule has 1 N–H and O–H groups in total. The number of hydrogen-bond acceptors (Lipinski definition) is 3. The first-order valence-corrected chi connectivity index (χ1v) is 7.65. The minimum Gasteiger partial charge on any atom is -0.495 e. The molecule has 0 aliphatic carbocycles. The van der Waals surface area contributed by atoms with Crippen LogP contribution in [0.5, 0.6) is 5.75 Å². The van der Waals surface area contributed by atoms with Crippen LogP contribution >= 0.6 is 15.9 Å². The summed E-state index contributed by atoms with van der Waals surface area (Å²) < 4.78 is 6.61. The molecule has 2 atom stereocenters. The summed E-state index contributed by atoms with van der Waals surface area (Å²) in [5.41, 5.74) is 1.18. The van der Waals surface area contributed by atoms with Crippen LogP contribution in [0.25, 0.3) is 0 Å². The van der Waals surface area contributed by atoms with E-state index in [-0.39, 0.29) is 0 Å². The Morgan fingerprint density at radius 3 is 2.79 bits per heavy atom. The lowest BCUT2D eigenvalue weighted by Crippen LogP contribution is -2.57. The lowest BCUT2D eigenvalue weighted by atomic mass is 9.99. The van der Waals surface area contributed by atoms with Crippen molar-refractivity contribution < 1.29 is 4.74 Å². The van der Waals surface area contributed by atoms with E-state index in [0.717, 1.165) is 23.3 Å². The van der Waals surface area contributed by atoms with Crippen molar-refractivity contribution in [3.8, 4) is 5.75 Å². The van der Waals surface area contributed by atoms with Crippen molar-refractivity contribution >= 4 is 21.6 Å². The number of piperazine rings is 1. The fourth-order valence-electron chi connectivity index (χ4n) is 2.56. The van der Waals surface area contributed by atoms with Crippen molar-refractivity contribution in [3.05, 3.63) is 22.7 Å². The van der Waals surface area contributed by atoms with E-state index in [0.29, 0.717) is 18.0 Å². The van der Waals surface area contributed by atoms with E-state index in [1.165, 1.54) is 5.69 Å². The number of methoxy groups -OCH3 is 1. The third-order valence-corrected chi connectivity index (χ3v) is 4.35. The van der Waals surface area contributed by atoms with Gasteiger partial charge in [-0.15, -0.1) is 0 Å². The number of halogens is 1. The lowest BCUT2D eigenvalue weighted by Gasteiger charge is -2.42. The zero-order chi connectivity index (χ0) is 14.0. The summed E-state index contributed by atoms with van der Waals surface area (Å²) in [5.74, 6) is 1.58. The van der Waals surface area contributed by atoms with Gasteiger partial charge in [-0.3, -0.25) is 0 Å². The molecule has 2 rings (SSSR count). The number of ether oxygens (including phenoxy) is 1. The molecule has 0 aromatic heterocycles. The molecular weight excluding hydrogens is 304 g/mol. The molecule has 4 heteroatoms. The number of hydrogen-bond donors (Lipinski definition) is 1. The van der Waals surface area contributed by atoms with E-state index >= 15 is 0 Å². The maximum Gasteiger partial charge on any atom is 0.142 e. The summed E-state index contributed by atoms with van der Waals surface area (Å²) in [6, 6.07) is 7.20. The molecule has 1 fully saturated rings. The van der Waals surface area contributed by atoms with Gasteiger partial charge < -0.3 is 15.0 Å². The van der Waals surface area contributed by atoms with Gasteiger partial charge in [0.15, 0.2) is 0 Å². The first-order chi connectivity index (χ1) is 9.02. The Kier molecular flexibility index (Phi) is 4.74. The van der Waals surface area contributed by atoms with Crippen molar-refractivity contribution in [1.82, 2.24) is 5.32 Å². The average molecular weight is 327 g/mol. The number of nitrogens with one attached hydrogen (secondary N) is 1. The standard InChI is InChI=1S/C15H23BrN2O/c1-10(2)13-9-18(11(3)8-17-13)14-7-12(16)5-6-15(14)19-4/h5-7,10-11,13,17H,8-9H2,1-4H3. The van der Waals surface area contributed by atoms with Crippen molar-refractivity contribution in [2.24, 2.45) is 5.92 Å². The molecule has 0 amide bonds. The predicted octanol–water partition coefficient (Wildman–Crippen LogP) is 3.28. The molecule has 1 aromatic rings. The first kappa shape index (κ1) is 14.7. The molecule has 1 aromatic carbocycles. The van der Waals surface area contributed by atoms with Gasteiger partial charge in [-0.25, -0.2) is 0 Å². The second kappa shape index (κ2) is 6.14. The minimum atomic E-state index is 0.471. The number of nitrogens with zero attached hydrogens (tertiary/aromatic N) is 1. The highest BCUT2D eigenvalue weighted by Crippen LogP contribution is 2.33. The van der Waals surface area contributed by atoms with E-state index in [1.54, 1.807) is 7.11 Å². The van der Waals surface area contributed by atoms with Crippen LogP contribution in [0.1, 0.15) is 20.8 Å². The van der Waals surface area contributed by atoms with Gasteiger partial charge in [0.05, 0.1) is 12.8 Å². The quantitative estimate of drug-likeness (QED) is 0.922. The number of benzene rings is 1. The van der Waals surface area contributed by atoms with Gasteiger partial charge in [-0.05, 0) is 31.0 Å². The van der Waals surface area contributed by atoms with E-state index in [1.807, 2.05) is 12.1 Å². The summed E-state index contributed by atoms with van der Waals surface area (Å²) in [5, 5.41) is 3.63. The lowest BCUT2D eigenvalue weighted by molar-refractivity contribution is 0.333. The largest absolute Gasteiger partial charge is 0.495 e. The molecular formula is C15H23BrN2O. The molecule has 0 saturated carbocycles. The fraction of sp³-hybridized carbons (Fsp3) is 0.600. The zero-order valence-corrected chi connectivity index (χ0v) is 13.7. The maximum absolute atomic E-state index is 5.51. The Hall–Kier alpha value is -0.740. The summed E-state index contributed by atoms with van der Waals surface area (Å²) in [4.78, 5) is 2.45. The first-order valence-electron chi connectivity index (χ1n) is 6.86. The maximum atomic E-state index is 5.51. The van der Waals surface area contributed by atoms with E-state index in [4.69, 9.17) is 4.74 Å². The zero-order valence-electron chi connectivity index (χ0n) is 12.1. The van der Waals surface area contributed by atoms with Gasteiger partial charge in [0, 0.05) is 29.6 Å². The van der Waals surface area contributed by atoms with Crippen LogP contribution in [-0.2, 0) is 0 Å². The monoisotopic (exact) mass is 326 g/mol. The summed E-state index contributed by atoms with van der Waals surface area (Å²) >= 11 is 3.56. The SMILES string of the molecule is COc1ccc(Br)cc1N1CC(C(C)C)NCC1C. The topological polar surface area (TPSA) is 24.5 Å². The third-order valence-electron chi connectivity index (χ3n) is 3.86. The second-order valence-electron chi connectivity index (χ2n) is 5.58. The Morgan fingerprint density at radius 2 is 2.16 bits per heavy atom. The van der Waals surface area contributed by atoms with Crippen LogP contribution < -0.4 is 15.0 Å². The molecule has 1 saturated heterocycles. The Bertz CT molecular complexity index is 436. The van der Waals surface area contributed by atoms with Crippen LogP contribution in [0.4, 0.5) is 5.69 Å². The number of rotatable bonds is 3. The van der Waals surface area contributed by atoms with Crippen molar-refractivity contribution in [1.29, 1.82) is 0 Å². The molecule has 0 bridgehead atoms.